The number of aromatic hydroxyl groups is 1. The van der Waals surface area contributed by atoms with Crippen molar-refractivity contribution < 1.29 is 15.3 Å². The van der Waals surface area contributed by atoms with Crippen LogP contribution in [-0.4, -0.2) is 28.0 Å². The average molecular weight is 278 g/mol. The minimum atomic E-state index is -1.31. The lowest BCUT2D eigenvalue weighted by Gasteiger charge is -2.17. The number of azide groups is 1. The summed E-state index contributed by atoms with van der Waals surface area (Å²) in [6.07, 6.45) is -2.58. The van der Waals surface area contributed by atoms with Gasteiger partial charge in [-0.3, -0.25) is 0 Å². The molecule has 0 aliphatic heterocycles. The van der Waals surface area contributed by atoms with Crippen LogP contribution in [0.3, 0.4) is 0 Å². The van der Waals surface area contributed by atoms with Crippen molar-refractivity contribution in [2.75, 3.05) is 6.54 Å². The molecule has 1 aromatic carbocycles. The number of aliphatic hydroxyl groups excluding tert-OH is 2. The van der Waals surface area contributed by atoms with E-state index in [1.165, 1.54) is 12.1 Å². The molecule has 0 aliphatic carbocycles. The van der Waals surface area contributed by atoms with E-state index in [1.54, 1.807) is 0 Å². The molecule has 0 radical (unpaired) electrons. The normalized spacial score (nSPS) is 13.9. The van der Waals surface area contributed by atoms with Gasteiger partial charge in [0.05, 0.1) is 22.7 Å². The lowest BCUT2D eigenvalue weighted by atomic mass is 10.0. The van der Waals surface area contributed by atoms with Crippen LogP contribution in [0.15, 0.2) is 17.2 Å². The Hall–Kier alpha value is -1.17. The predicted molar refractivity (Wildman–Crippen MR) is 63.1 cm³/mol. The van der Waals surface area contributed by atoms with E-state index in [-0.39, 0.29) is 27.9 Å². The monoisotopic (exact) mass is 277 g/mol. The van der Waals surface area contributed by atoms with E-state index in [1.807, 2.05) is 0 Å². The molecule has 0 aliphatic rings. The predicted octanol–water partition coefficient (Wildman–Crippen LogP) is 2.40. The van der Waals surface area contributed by atoms with E-state index >= 15 is 0 Å². The molecular weight excluding hydrogens is 269 g/mol. The van der Waals surface area contributed by atoms with Crippen molar-refractivity contribution in [2.24, 2.45) is 5.11 Å². The van der Waals surface area contributed by atoms with Crippen molar-refractivity contribution in [2.45, 2.75) is 12.2 Å². The highest BCUT2D eigenvalue weighted by atomic mass is 35.5. The molecule has 0 fully saturated rings. The number of hydrogen-bond acceptors (Lipinski definition) is 4. The van der Waals surface area contributed by atoms with Gasteiger partial charge < -0.3 is 15.3 Å². The number of hydrogen-bond donors (Lipinski definition) is 3. The highest BCUT2D eigenvalue weighted by Gasteiger charge is 2.20. The number of aliphatic hydroxyl groups is 2. The van der Waals surface area contributed by atoms with Gasteiger partial charge in [-0.2, -0.15) is 0 Å². The van der Waals surface area contributed by atoms with Crippen molar-refractivity contribution >= 4 is 23.2 Å². The van der Waals surface area contributed by atoms with E-state index in [4.69, 9.17) is 28.7 Å². The van der Waals surface area contributed by atoms with Crippen molar-refractivity contribution in [3.63, 3.8) is 0 Å². The molecule has 1 rings (SSSR count). The lowest BCUT2D eigenvalue weighted by Crippen LogP contribution is -2.21. The molecule has 0 amide bonds. The minimum Gasteiger partial charge on any atom is -0.505 e. The van der Waals surface area contributed by atoms with Crippen molar-refractivity contribution in [3.05, 3.63) is 38.2 Å². The van der Waals surface area contributed by atoms with Crippen molar-refractivity contribution in [1.82, 2.24) is 0 Å². The second kappa shape index (κ2) is 5.95. The first-order chi connectivity index (χ1) is 7.97. The zero-order valence-corrected chi connectivity index (χ0v) is 9.97. The molecule has 3 N–H and O–H groups in total. The molecule has 0 spiro atoms. The Balaban J connectivity index is 2.96. The van der Waals surface area contributed by atoms with Crippen LogP contribution in [0.4, 0.5) is 0 Å². The summed E-state index contributed by atoms with van der Waals surface area (Å²) in [5.74, 6) is -0.297. The zero-order valence-electron chi connectivity index (χ0n) is 8.46. The Kier molecular flexibility index (Phi) is 4.86. The molecule has 0 saturated carbocycles. The Bertz CT molecular complexity index is 440. The van der Waals surface area contributed by atoms with Gasteiger partial charge in [0.2, 0.25) is 0 Å². The van der Waals surface area contributed by atoms with Gasteiger partial charge in [0.15, 0.2) is 5.75 Å². The molecule has 2 atom stereocenters. The number of rotatable bonds is 4. The Labute approximate surface area is 107 Å². The number of benzene rings is 1. The first-order valence-corrected chi connectivity index (χ1v) is 5.28. The van der Waals surface area contributed by atoms with Gasteiger partial charge in [0.1, 0.15) is 6.10 Å². The van der Waals surface area contributed by atoms with Crippen LogP contribution >= 0.6 is 23.2 Å². The number of halogens is 2. The van der Waals surface area contributed by atoms with Gasteiger partial charge in [-0.05, 0) is 23.2 Å². The second-order valence-corrected chi connectivity index (χ2v) is 4.07. The largest absolute Gasteiger partial charge is 0.505 e. The summed E-state index contributed by atoms with van der Waals surface area (Å²) in [6, 6.07) is 2.54. The molecule has 0 aromatic heterocycles. The maximum Gasteiger partial charge on any atom is 0.152 e. The molecule has 0 heterocycles. The van der Waals surface area contributed by atoms with Gasteiger partial charge in [-0.15, -0.1) is 0 Å². The molecule has 17 heavy (non-hydrogen) atoms. The van der Waals surface area contributed by atoms with Crippen LogP contribution in [0.5, 0.6) is 5.75 Å². The number of phenols is 1. The summed E-state index contributed by atoms with van der Waals surface area (Å²) in [5, 5.41) is 31.6. The summed E-state index contributed by atoms with van der Waals surface area (Å²) < 4.78 is 0. The molecular formula is C9H9Cl2N3O3. The third-order valence-electron chi connectivity index (χ3n) is 2.08. The van der Waals surface area contributed by atoms with E-state index < -0.39 is 12.2 Å². The number of phenolic OH excluding ortho intramolecular Hbond substituents is 1. The highest BCUT2D eigenvalue weighted by molar-refractivity contribution is 6.37. The van der Waals surface area contributed by atoms with Gasteiger partial charge in [-0.25, -0.2) is 0 Å². The summed E-state index contributed by atoms with van der Waals surface area (Å²) >= 11 is 11.3. The summed E-state index contributed by atoms with van der Waals surface area (Å²) in [7, 11) is 0. The van der Waals surface area contributed by atoms with Crippen LogP contribution in [0, 0.1) is 0 Å². The van der Waals surface area contributed by atoms with E-state index in [0.29, 0.717) is 0 Å². The summed E-state index contributed by atoms with van der Waals surface area (Å²) in [6.45, 7) is -0.284. The smallest absolute Gasteiger partial charge is 0.152 e. The third-order valence-corrected chi connectivity index (χ3v) is 2.65. The van der Waals surface area contributed by atoms with Crippen LogP contribution in [-0.2, 0) is 0 Å². The maximum absolute atomic E-state index is 9.72. The fourth-order valence-corrected chi connectivity index (χ4v) is 1.70. The average Bonchev–Trinajstić information content (AvgIpc) is 2.31. The minimum absolute atomic E-state index is 0.0393. The van der Waals surface area contributed by atoms with Gasteiger partial charge in [0.25, 0.3) is 0 Å². The molecule has 8 heteroatoms. The second-order valence-electron chi connectivity index (χ2n) is 3.26. The van der Waals surface area contributed by atoms with Crippen LogP contribution < -0.4 is 0 Å². The number of nitrogens with zero attached hydrogens (tertiary/aromatic N) is 3. The molecule has 0 bridgehead atoms. The van der Waals surface area contributed by atoms with Crippen LogP contribution in [0.2, 0.25) is 10.0 Å². The Morgan fingerprint density at radius 2 is 1.82 bits per heavy atom. The zero-order chi connectivity index (χ0) is 13.0. The van der Waals surface area contributed by atoms with Crippen LogP contribution in [0.25, 0.3) is 10.4 Å². The molecule has 92 valence electrons. The lowest BCUT2D eigenvalue weighted by molar-refractivity contribution is 0.0244. The highest BCUT2D eigenvalue weighted by Crippen LogP contribution is 2.35. The molecule has 6 nitrogen and oxygen atoms in total. The summed E-state index contributed by atoms with van der Waals surface area (Å²) in [5.41, 5.74) is 8.30. The first kappa shape index (κ1) is 13.9. The molecule has 2 unspecified atom stereocenters. The SMILES string of the molecule is [N-]=[N+]=NCC(O)C(O)c1cc(Cl)c(O)c(Cl)c1. The van der Waals surface area contributed by atoms with Gasteiger partial charge >= 0.3 is 0 Å². The maximum atomic E-state index is 9.72. The fraction of sp³-hybridized carbons (Fsp3) is 0.333. The Morgan fingerprint density at radius 3 is 2.29 bits per heavy atom. The van der Waals surface area contributed by atoms with Crippen LogP contribution in [0.1, 0.15) is 11.7 Å². The standard InChI is InChI=1S/C9H9Cl2N3O3/c10-5-1-4(2-6(11)9(5)17)8(16)7(15)3-13-14-12/h1-2,7-8,15-17H,3H2. The van der Waals surface area contributed by atoms with E-state index in [2.05, 4.69) is 10.0 Å². The van der Waals surface area contributed by atoms with Crippen molar-refractivity contribution in [1.29, 1.82) is 0 Å². The third kappa shape index (κ3) is 3.39. The Morgan fingerprint density at radius 1 is 1.29 bits per heavy atom. The molecule has 0 saturated heterocycles. The van der Waals surface area contributed by atoms with Crippen molar-refractivity contribution in [3.8, 4) is 5.75 Å². The van der Waals surface area contributed by atoms with Gasteiger partial charge in [-0.1, -0.05) is 28.3 Å². The molecule has 1 aromatic rings. The van der Waals surface area contributed by atoms with Gasteiger partial charge in [0, 0.05) is 4.91 Å². The van der Waals surface area contributed by atoms with E-state index in [9.17, 15) is 15.3 Å². The topological polar surface area (TPSA) is 109 Å². The quantitative estimate of drug-likeness (QED) is 0.446. The first-order valence-electron chi connectivity index (χ1n) is 4.52. The van der Waals surface area contributed by atoms with E-state index in [0.717, 1.165) is 0 Å². The fourth-order valence-electron chi connectivity index (χ4n) is 1.20. The summed E-state index contributed by atoms with van der Waals surface area (Å²) in [4.78, 5) is 2.46.